The number of carbonyl (C=O) groups is 1. The van der Waals surface area contributed by atoms with Gasteiger partial charge in [0.1, 0.15) is 17.1 Å². The van der Waals surface area contributed by atoms with E-state index in [1.54, 1.807) is 7.11 Å². The monoisotopic (exact) mass is 381 g/mol. The van der Waals surface area contributed by atoms with Crippen LogP contribution in [0.1, 0.15) is 25.5 Å². The molecule has 1 heterocycles. The molecule has 0 bridgehead atoms. The van der Waals surface area contributed by atoms with Crippen LogP contribution in [0.25, 0.3) is 10.9 Å². The maximum absolute atomic E-state index is 12.6. The van der Waals surface area contributed by atoms with Crippen LogP contribution in [0.15, 0.2) is 59.9 Å². The normalized spacial score (nSPS) is 12.1. The number of hydrogen-bond acceptors (Lipinski definition) is 5. The summed E-state index contributed by atoms with van der Waals surface area (Å²) < 4.78 is 5.21. The summed E-state index contributed by atoms with van der Waals surface area (Å²) in [5.74, 6) is 1.36. The van der Waals surface area contributed by atoms with Crippen LogP contribution in [-0.4, -0.2) is 28.7 Å². The molecule has 1 aromatic heterocycles. The minimum Gasteiger partial charge on any atom is -0.497 e. The maximum Gasteiger partial charge on any atom is 0.230 e. The van der Waals surface area contributed by atoms with Gasteiger partial charge in [-0.2, -0.15) is 0 Å². The van der Waals surface area contributed by atoms with E-state index in [1.807, 2.05) is 48.5 Å². The van der Waals surface area contributed by atoms with E-state index in [0.29, 0.717) is 5.75 Å². The number of ether oxygens (including phenoxy) is 1. The molecule has 3 rings (SSSR count). The molecule has 5 nitrogen and oxygen atoms in total. The lowest BCUT2D eigenvalue weighted by Gasteiger charge is -2.23. The second-order valence-electron chi connectivity index (χ2n) is 6.55. The van der Waals surface area contributed by atoms with Crippen molar-refractivity contribution >= 4 is 28.6 Å². The number of nitrogens with one attached hydrogen (secondary N) is 1. The second-order valence-corrected chi connectivity index (χ2v) is 7.51. The molecule has 6 heteroatoms. The Balaban J connectivity index is 1.67. The third kappa shape index (κ3) is 4.77. The first-order valence-corrected chi connectivity index (χ1v) is 9.83. The lowest BCUT2D eigenvalue weighted by atomic mass is 9.96. The zero-order chi connectivity index (χ0) is 19.2. The predicted octanol–water partition coefficient (Wildman–Crippen LogP) is 4.24. The van der Waals surface area contributed by atoms with Crippen molar-refractivity contribution < 1.29 is 9.53 Å². The summed E-state index contributed by atoms with van der Waals surface area (Å²) in [6, 6.07) is 15.6. The van der Waals surface area contributed by atoms with E-state index in [1.165, 1.54) is 18.1 Å². The molecule has 140 valence electrons. The molecule has 3 aromatic rings. The van der Waals surface area contributed by atoms with E-state index >= 15 is 0 Å². The number of hydrogen-bond donors (Lipinski definition) is 1. The first-order valence-electron chi connectivity index (χ1n) is 8.84. The van der Waals surface area contributed by atoms with Crippen LogP contribution in [0.3, 0.4) is 0 Å². The topological polar surface area (TPSA) is 64.1 Å². The summed E-state index contributed by atoms with van der Waals surface area (Å²) >= 11 is 1.43. The summed E-state index contributed by atoms with van der Waals surface area (Å²) in [6.45, 7) is 4.19. The van der Waals surface area contributed by atoms with Crippen molar-refractivity contribution in [3.8, 4) is 5.75 Å². The summed E-state index contributed by atoms with van der Waals surface area (Å²) in [5, 5.41) is 4.93. The summed E-state index contributed by atoms with van der Waals surface area (Å²) in [6.07, 6.45) is 1.54. The lowest BCUT2D eigenvalue weighted by molar-refractivity contribution is -0.119. The van der Waals surface area contributed by atoms with Gasteiger partial charge in [-0.25, -0.2) is 9.97 Å². The van der Waals surface area contributed by atoms with Gasteiger partial charge < -0.3 is 10.1 Å². The van der Waals surface area contributed by atoms with Crippen molar-refractivity contribution in [3.05, 3.63) is 60.4 Å². The van der Waals surface area contributed by atoms with Crippen LogP contribution in [-0.2, 0) is 4.79 Å². The van der Waals surface area contributed by atoms with Gasteiger partial charge in [0.05, 0.1) is 24.4 Å². The first kappa shape index (κ1) is 19.2. The molecule has 1 unspecified atom stereocenters. The smallest absolute Gasteiger partial charge is 0.230 e. The first-order chi connectivity index (χ1) is 13.1. The van der Waals surface area contributed by atoms with Crippen molar-refractivity contribution in [1.29, 1.82) is 0 Å². The molecule has 1 atom stereocenters. The third-order valence-corrected chi connectivity index (χ3v) is 5.31. The van der Waals surface area contributed by atoms with E-state index in [9.17, 15) is 4.79 Å². The van der Waals surface area contributed by atoms with E-state index in [0.717, 1.165) is 27.2 Å². The highest BCUT2D eigenvalue weighted by Crippen LogP contribution is 2.26. The third-order valence-electron chi connectivity index (χ3n) is 4.30. The Hall–Kier alpha value is -2.60. The highest BCUT2D eigenvalue weighted by molar-refractivity contribution is 8.00. The number of carbonyl (C=O) groups excluding carboxylic acids is 1. The summed E-state index contributed by atoms with van der Waals surface area (Å²) in [7, 11) is 1.64. The van der Waals surface area contributed by atoms with Gasteiger partial charge >= 0.3 is 0 Å². The van der Waals surface area contributed by atoms with Crippen molar-refractivity contribution in [2.45, 2.75) is 24.9 Å². The molecular weight excluding hydrogens is 358 g/mol. The van der Waals surface area contributed by atoms with E-state index in [4.69, 9.17) is 4.74 Å². The highest BCUT2D eigenvalue weighted by Gasteiger charge is 2.19. The van der Waals surface area contributed by atoms with Crippen LogP contribution in [0, 0.1) is 5.92 Å². The molecule has 0 spiro atoms. The fourth-order valence-electron chi connectivity index (χ4n) is 2.89. The molecule has 0 saturated heterocycles. The van der Waals surface area contributed by atoms with Gasteiger partial charge in [0, 0.05) is 5.39 Å². The van der Waals surface area contributed by atoms with Gasteiger partial charge in [0.15, 0.2) is 0 Å². The van der Waals surface area contributed by atoms with Crippen molar-refractivity contribution in [1.82, 2.24) is 15.3 Å². The Morgan fingerprint density at radius 3 is 2.56 bits per heavy atom. The molecular formula is C21H23N3O2S. The Morgan fingerprint density at radius 2 is 1.85 bits per heavy atom. The van der Waals surface area contributed by atoms with Crippen LogP contribution in [0.2, 0.25) is 0 Å². The fraction of sp³-hybridized carbons (Fsp3) is 0.286. The van der Waals surface area contributed by atoms with Gasteiger partial charge in [-0.15, -0.1) is 0 Å². The summed E-state index contributed by atoms with van der Waals surface area (Å²) in [5.41, 5.74) is 1.95. The highest BCUT2D eigenvalue weighted by atomic mass is 32.2. The van der Waals surface area contributed by atoms with Crippen molar-refractivity contribution in [2.75, 3.05) is 12.9 Å². The molecule has 0 aliphatic heterocycles. The van der Waals surface area contributed by atoms with Gasteiger partial charge in [0.25, 0.3) is 0 Å². The van der Waals surface area contributed by atoms with E-state index in [-0.39, 0.29) is 17.9 Å². The van der Waals surface area contributed by atoms with Crippen LogP contribution in [0.4, 0.5) is 0 Å². The number of amides is 1. The summed E-state index contributed by atoms with van der Waals surface area (Å²) in [4.78, 5) is 21.2. The Kier molecular flexibility index (Phi) is 6.29. The number of aromatic nitrogens is 2. The van der Waals surface area contributed by atoms with Gasteiger partial charge in [-0.1, -0.05) is 55.9 Å². The molecule has 0 aliphatic carbocycles. The van der Waals surface area contributed by atoms with Crippen LogP contribution in [0.5, 0.6) is 5.75 Å². The average molecular weight is 382 g/mol. The van der Waals surface area contributed by atoms with Gasteiger partial charge in [-0.3, -0.25) is 4.79 Å². The maximum atomic E-state index is 12.6. The molecule has 27 heavy (non-hydrogen) atoms. The second kappa shape index (κ2) is 8.86. The van der Waals surface area contributed by atoms with E-state index < -0.39 is 0 Å². The number of benzene rings is 2. The minimum absolute atomic E-state index is 0.0165. The quantitative estimate of drug-likeness (QED) is 0.490. The average Bonchev–Trinajstić information content (AvgIpc) is 2.70. The Labute approximate surface area is 163 Å². The zero-order valence-corrected chi connectivity index (χ0v) is 16.5. The largest absolute Gasteiger partial charge is 0.497 e. The Bertz CT molecular complexity index is 907. The molecule has 1 N–H and O–H groups in total. The fourth-order valence-corrected chi connectivity index (χ4v) is 3.69. The van der Waals surface area contributed by atoms with Gasteiger partial charge in [0.2, 0.25) is 5.91 Å². The van der Waals surface area contributed by atoms with Crippen LogP contribution < -0.4 is 10.1 Å². The van der Waals surface area contributed by atoms with Crippen molar-refractivity contribution in [3.63, 3.8) is 0 Å². The molecule has 1 amide bonds. The number of thioether (sulfide) groups is 1. The number of rotatable bonds is 7. The molecule has 0 fully saturated rings. The molecule has 0 radical (unpaired) electrons. The van der Waals surface area contributed by atoms with Crippen LogP contribution >= 0.6 is 11.8 Å². The SMILES string of the molecule is COc1ccc(C(NC(=O)CSc2ncnc3ccccc23)C(C)C)cc1. The predicted molar refractivity (Wildman–Crippen MR) is 109 cm³/mol. The molecule has 0 saturated carbocycles. The zero-order valence-electron chi connectivity index (χ0n) is 15.7. The van der Waals surface area contributed by atoms with E-state index in [2.05, 4.69) is 29.1 Å². The molecule has 0 aliphatic rings. The minimum atomic E-state index is -0.0499. The number of methoxy groups -OCH3 is 1. The lowest BCUT2D eigenvalue weighted by Crippen LogP contribution is -2.33. The number of nitrogens with zero attached hydrogens (tertiary/aromatic N) is 2. The number of para-hydroxylation sites is 1. The standard InChI is InChI=1S/C21H23N3O2S/c1-14(2)20(15-8-10-16(26-3)11-9-15)24-19(25)12-27-21-17-6-4-5-7-18(17)22-13-23-21/h4-11,13-14,20H,12H2,1-3H3,(H,24,25). The number of fused-ring (bicyclic) bond motifs is 1. The Morgan fingerprint density at radius 1 is 1.11 bits per heavy atom. The van der Waals surface area contributed by atoms with Gasteiger partial charge in [-0.05, 0) is 29.7 Å². The van der Waals surface area contributed by atoms with Crippen molar-refractivity contribution in [2.24, 2.45) is 5.92 Å². The molecule has 2 aromatic carbocycles.